The molecule has 2 rings (SSSR count). The van der Waals surface area contributed by atoms with Gasteiger partial charge < -0.3 is 15.0 Å². The number of hydrogen-bond donors (Lipinski definition) is 1. The summed E-state index contributed by atoms with van der Waals surface area (Å²) in [6.07, 6.45) is 0.158. The average Bonchev–Trinajstić information content (AvgIpc) is 2.53. The first-order valence-electron chi connectivity index (χ1n) is 8.81. The minimum atomic E-state index is -0.465. The fraction of sp³-hybridized carbons (Fsp3) is 0.579. The summed E-state index contributed by atoms with van der Waals surface area (Å²) in [7, 11) is 1.41. The van der Waals surface area contributed by atoms with E-state index in [1.165, 1.54) is 19.2 Å². The zero-order chi connectivity index (χ0) is 19.3. The molecule has 0 radical (unpaired) electrons. The summed E-state index contributed by atoms with van der Waals surface area (Å²) in [4.78, 5) is 28.2. The summed E-state index contributed by atoms with van der Waals surface area (Å²) in [6, 6.07) is 4.57. The smallest absolute Gasteiger partial charge is 0.234 e. The molecule has 6 nitrogen and oxygen atoms in total. The highest BCUT2D eigenvalue weighted by molar-refractivity contribution is 5.80. The molecule has 0 aromatic heterocycles. The Morgan fingerprint density at radius 2 is 1.85 bits per heavy atom. The van der Waals surface area contributed by atoms with Crippen molar-refractivity contribution < 1.29 is 18.7 Å². The summed E-state index contributed by atoms with van der Waals surface area (Å²) in [5, 5.41) is 2.94. The van der Waals surface area contributed by atoms with Crippen LogP contribution in [-0.2, 0) is 16.0 Å². The van der Waals surface area contributed by atoms with Crippen LogP contribution in [0.1, 0.15) is 26.3 Å². The van der Waals surface area contributed by atoms with Gasteiger partial charge in [-0.2, -0.15) is 0 Å². The molecule has 144 valence electrons. The Hall–Kier alpha value is -2.15. The fourth-order valence-corrected chi connectivity index (χ4v) is 2.92. The molecule has 1 N–H and O–H groups in total. The molecule has 1 saturated heterocycles. The molecular formula is C19H28FN3O3. The van der Waals surface area contributed by atoms with Gasteiger partial charge in [0.15, 0.2) is 11.6 Å². The maximum atomic E-state index is 13.7. The SMILES string of the molecule is COc1ccc(CC(=O)N2CCN(CC(=O)NC(C)(C)C)CC2)cc1F. The molecule has 1 aromatic rings. The zero-order valence-corrected chi connectivity index (χ0v) is 16.0. The van der Waals surface area contributed by atoms with Crippen LogP contribution < -0.4 is 10.1 Å². The van der Waals surface area contributed by atoms with E-state index in [4.69, 9.17) is 4.74 Å². The molecule has 1 aliphatic rings. The lowest BCUT2D eigenvalue weighted by Gasteiger charge is -2.35. The average molecular weight is 365 g/mol. The number of benzene rings is 1. The largest absolute Gasteiger partial charge is 0.494 e. The number of nitrogens with zero attached hydrogens (tertiary/aromatic N) is 2. The molecule has 0 unspecified atom stereocenters. The van der Waals surface area contributed by atoms with E-state index >= 15 is 0 Å². The van der Waals surface area contributed by atoms with Crippen molar-refractivity contribution in [3.05, 3.63) is 29.6 Å². The van der Waals surface area contributed by atoms with Crippen molar-refractivity contribution in [2.75, 3.05) is 39.8 Å². The molecule has 1 fully saturated rings. The molecule has 1 aliphatic heterocycles. The highest BCUT2D eigenvalue weighted by Crippen LogP contribution is 2.18. The quantitative estimate of drug-likeness (QED) is 0.858. The van der Waals surface area contributed by atoms with Crippen molar-refractivity contribution in [3.8, 4) is 5.75 Å². The second-order valence-corrected chi connectivity index (χ2v) is 7.60. The van der Waals surface area contributed by atoms with Gasteiger partial charge in [0.25, 0.3) is 0 Å². The molecule has 0 spiro atoms. The van der Waals surface area contributed by atoms with E-state index in [1.54, 1.807) is 11.0 Å². The first-order valence-corrected chi connectivity index (χ1v) is 8.81. The van der Waals surface area contributed by atoms with Crippen LogP contribution in [0, 0.1) is 5.82 Å². The van der Waals surface area contributed by atoms with Gasteiger partial charge in [0.05, 0.1) is 20.1 Å². The number of carbonyl (C=O) groups is 2. The number of ether oxygens (including phenoxy) is 1. The lowest BCUT2D eigenvalue weighted by molar-refractivity contribution is -0.132. The van der Waals surface area contributed by atoms with Crippen LogP contribution in [-0.4, -0.2) is 67.0 Å². The highest BCUT2D eigenvalue weighted by Gasteiger charge is 2.23. The van der Waals surface area contributed by atoms with Gasteiger partial charge in [-0.05, 0) is 38.5 Å². The molecular weight excluding hydrogens is 337 g/mol. The molecule has 7 heteroatoms. The Kier molecular flexibility index (Phi) is 6.58. The molecule has 2 amide bonds. The van der Waals surface area contributed by atoms with Crippen LogP contribution in [0.5, 0.6) is 5.75 Å². The highest BCUT2D eigenvalue weighted by atomic mass is 19.1. The summed E-state index contributed by atoms with van der Waals surface area (Å²) in [5.74, 6) is -0.338. The van der Waals surface area contributed by atoms with Gasteiger partial charge in [-0.3, -0.25) is 14.5 Å². The van der Waals surface area contributed by atoms with Crippen molar-refractivity contribution in [2.45, 2.75) is 32.7 Å². The lowest BCUT2D eigenvalue weighted by Crippen LogP contribution is -2.53. The summed E-state index contributed by atoms with van der Waals surface area (Å²) in [5.41, 5.74) is 0.378. The van der Waals surface area contributed by atoms with E-state index in [9.17, 15) is 14.0 Å². The first kappa shape index (κ1) is 20.2. The summed E-state index contributed by atoms with van der Waals surface area (Å²) in [6.45, 7) is 8.63. The number of piperazine rings is 1. The fourth-order valence-electron chi connectivity index (χ4n) is 2.92. The van der Waals surface area contributed by atoms with E-state index in [2.05, 4.69) is 5.32 Å². The van der Waals surface area contributed by atoms with Gasteiger partial charge >= 0.3 is 0 Å². The van der Waals surface area contributed by atoms with Crippen LogP contribution in [0.3, 0.4) is 0 Å². The van der Waals surface area contributed by atoms with E-state index in [0.29, 0.717) is 38.3 Å². The number of rotatable bonds is 5. The van der Waals surface area contributed by atoms with Gasteiger partial charge in [-0.1, -0.05) is 6.07 Å². The standard InChI is InChI=1S/C19H28FN3O3/c1-19(2,3)21-17(24)13-22-7-9-23(10-8-22)18(25)12-14-5-6-16(26-4)15(20)11-14/h5-6,11H,7-10,12-13H2,1-4H3,(H,21,24). The first-order chi connectivity index (χ1) is 12.2. The normalized spacial score (nSPS) is 15.7. The minimum Gasteiger partial charge on any atom is -0.494 e. The Morgan fingerprint density at radius 1 is 1.19 bits per heavy atom. The minimum absolute atomic E-state index is 0.00835. The van der Waals surface area contributed by atoms with Crippen LogP contribution in [0.15, 0.2) is 18.2 Å². The number of amides is 2. The number of nitrogens with one attached hydrogen (secondary N) is 1. The second-order valence-electron chi connectivity index (χ2n) is 7.60. The third kappa shape index (κ3) is 5.98. The van der Waals surface area contributed by atoms with E-state index < -0.39 is 5.82 Å². The van der Waals surface area contributed by atoms with E-state index in [1.807, 2.05) is 25.7 Å². The van der Waals surface area contributed by atoms with Crippen molar-refractivity contribution in [1.29, 1.82) is 0 Å². The molecule has 0 atom stereocenters. The molecule has 26 heavy (non-hydrogen) atoms. The number of halogens is 1. The van der Waals surface area contributed by atoms with Crippen LogP contribution >= 0.6 is 0 Å². The third-order valence-corrected chi connectivity index (χ3v) is 4.18. The Labute approximate surface area is 154 Å². The number of hydrogen-bond acceptors (Lipinski definition) is 4. The van der Waals surface area contributed by atoms with Crippen molar-refractivity contribution >= 4 is 11.8 Å². The Bertz CT molecular complexity index is 650. The second kappa shape index (κ2) is 8.49. The number of methoxy groups -OCH3 is 1. The zero-order valence-electron chi connectivity index (χ0n) is 16.0. The van der Waals surface area contributed by atoms with Gasteiger partial charge in [0, 0.05) is 31.7 Å². The summed E-state index contributed by atoms with van der Waals surface area (Å²) < 4.78 is 18.6. The topological polar surface area (TPSA) is 61.9 Å². The predicted molar refractivity (Wildman–Crippen MR) is 97.6 cm³/mol. The summed E-state index contributed by atoms with van der Waals surface area (Å²) >= 11 is 0. The molecule has 0 saturated carbocycles. The molecule has 1 heterocycles. The number of carbonyl (C=O) groups excluding carboxylic acids is 2. The van der Waals surface area contributed by atoms with Gasteiger partial charge in [0.1, 0.15) is 0 Å². The van der Waals surface area contributed by atoms with Crippen molar-refractivity contribution in [2.24, 2.45) is 0 Å². The van der Waals surface area contributed by atoms with Crippen molar-refractivity contribution in [3.63, 3.8) is 0 Å². The molecule has 0 aliphatic carbocycles. The lowest BCUT2D eigenvalue weighted by atomic mass is 10.1. The van der Waals surface area contributed by atoms with Crippen LogP contribution in [0.4, 0.5) is 4.39 Å². The molecule has 0 bridgehead atoms. The van der Waals surface area contributed by atoms with Crippen LogP contribution in [0.25, 0.3) is 0 Å². The third-order valence-electron chi connectivity index (χ3n) is 4.18. The Morgan fingerprint density at radius 3 is 2.38 bits per heavy atom. The van der Waals surface area contributed by atoms with E-state index in [0.717, 1.165) is 0 Å². The van der Waals surface area contributed by atoms with E-state index in [-0.39, 0.29) is 29.5 Å². The maximum Gasteiger partial charge on any atom is 0.234 e. The predicted octanol–water partition coefficient (Wildman–Crippen LogP) is 1.44. The van der Waals surface area contributed by atoms with Gasteiger partial charge in [0.2, 0.25) is 11.8 Å². The maximum absolute atomic E-state index is 13.7. The monoisotopic (exact) mass is 365 g/mol. The van der Waals surface area contributed by atoms with Gasteiger partial charge in [-0.25, -0.2) is 4.39 Å². The van der Waals surface area contributed by atoms with Crippen LogP contribution in [0.2, 0.25) is 0 Å². The van der Waals surface area contributed by atoms with Gasteiger partial charge in [-0.15, -0.1) is 0 Å². The van der Waals surface area contributed by atoms with Crippen molar-refractivity contribution in [1.82, 2.24) is 15.1 Å². The molecule has 1 aromatic carbocycles. The Balaban J connectivity index is 1.81.